The minimum Gasteiger partial charge on any atom is -0.497 e. The number of aromatic nitrogens is 1. The summed E-state index contributed by atoms with van der Waals surface area (Å²) in [6, 6.07) is 9.64. The summed E-state index contributed by atoms with van der Waals surface area (Å²) in [6.45, 7) is 1.78. The molecule has 0 aliphatic rings. The largest absolute Gasteiger partial charge is 0.497 e. The molecule has 2 rings (SSSR count). The fraction of sp³-hybridized carbons (Fsp3) is 0.333. The summed E-state index contributed by atoms with van der Waals surface area (Å²) in [4.78, 5) is 11.7. The van der Waals surface area contributed by atoms with Gasteiger partial charge in [-0.05, 0) is 24.6 Å². The highest BCUT2D eigenvalue weighted by atomic mass is 32.2. The normalized spacial score (nSPS) is 10.4. The summed E-state index contributed by atoms with van der Waals surface area (Å²) in [5.41, 5.74) is 1.19. The lowest BCUT2D eigenvalue weighted by Crippen LogP contribution is -2.12. The van der Waals surface area contributed by atoms with E-state index in [1.807, 2.05) is 24.3 Å². The van der Waals surface area contributed by atoms with Gasteiger partial charge in [0.05, 0.1) is 7.11 Å². The van der Waals surface area contributed by atoms with Crippen LogP contribution in [-0.2, 0) is 10.5 Å². The predicted octanol–water partition coefficient (Wildman–Crippen LogP) is 3.25. The maximum absolute atomic E-state index is 11.7. The summed E-state index contributed by atoms with van der Waals surface area (Å²) >= 11 is 1.71. The lowest BCUT2D eigenvalue weighted by molar-refractivity contribution is -0.115. The van der Waals surface area contributed by atoms with Gasteiger partial charge in [-0.3, -0.25) is 4.79 Å². The fourth-order valence-corrected chi connectivity index (χ4v) is 2.64. The van der Waals surface area contributed by atoms with Crippen molar-refractivity contribution >= 4 is 23.5 Å². The van der Waals surface area contributed by atoms with Gasteiger partial charge in [0.1, 0.15) is 11.5 Å². The van der Waals surface area contributed by atoms with Crippen molar-refractivity contribution in [2.24, 2.45) is 0 Å². The van der Waals surface area contributed by atoms with Crippen LogP contribution >= 0.6 is 11.8 Å². The number of anilines is 1. The molecule has 1 amide bonds. The molecular formula is C15H18N2O3S. The van der Waals surface area contributed by atoms with Crippen molar-refractivity contribution in [1.82, 2.24) is 5.16 Å². The van der Waals surface area contributed by atoms with Crippen LogP contribution in [0.5, 0.6) is 5.75 Å². The number of carbonyl (C=O) groups is 1. The van der Waals surface area contributed by atoms with E-state index in [9.17, 15) is 4.79 Å². The van der Waals surface area contributed by atoms with E-state index in [0.717, 1.165) is 17.3 Å². The number of amides is 1. The van der Waals surface area contributed by atoms with E-state index in [-0.39, 0.29) is 5.91 Å². The summed E-state index contributed by atoms with van der Waals surface area (Å²) in [7, 11) is 1.65. The number of ether oxygens (including phenoxy) is 1. The average Bonchev–Trinajstić information content (AvgIpc) is 2.89. The highest BCUT2D eigenvalue weighted by Crippen LogP contribution is 2.18. The SMILES string of the molecule is COc1cccc(CSCCC(=O)Nc2cc(C)on2)c1. The number of rotatable bonds is 7. The lowest BCUT2D eigenvalue weighted by atomic mass is 10.2. The molecule has 5 nitrogen and oxygen atoms in total. The van der Waals surface area contributed by atoms with Gasteiger partial charge in [0.25, 0.3) is 0 Å². The van der Waals surface area contributed by atoms with Crippen molar-refractivity contribution in [3.8, 4) is 5.75 Å². The van der Waals surface area contributed by atoms with Crippen LogP contribution in [0.1, 0.15) is 17.7 Å². The number of benzene rings is 1. The third-order valence-corrected chi connectivity index (χ3v) is 3.80. The molecule has 0 aliphatic heterocycles. The molecule has 1 aromatic heterocycles. The van der Waals surface area contributed by atoms with E-state index in [2.05, 4.69) is 10.5 Å². The Bertz CT molecular complexity index is 598. The average molecular weight is 306 g/mol. The van der Waals surface area contributed by atoms with Crippen LogP contribution in [-0.4, -0.2) is 23.9 Å². The molecule has 112 valence electrons. The molecule has 0 fully saturated rings. The van der Waals surface area contributed by atoms with Gasteiger partial charge in [-0.2, -0.15) is 11.8 Å². The zero-order valence-corrected chi connectivity index (χ0v) is 12.9. The molecule has 1 N–H and O–H groups in total. The molecule has 1 aromatic carbocycles. The third-order valence-electron chi connectivity index (χ3n) is 2.77. The Labute approximate surface area is 128 Å². The Hall–Kier alpha value is -1.95. The zero-order valence-electron chi connectivity index (χ0n) is 12.1. The van der Waals surface area contributed by atoms with Crippen LogP contribution in [0.2, 0.25) is 0 Å². The quantitative estimate of drug-likeness (QED) is 0.795. The van der Waals surface area contributed by atoms with Gasteiger partial charge in [0, 0.05) is 24.0 Å². The van der Waals surface area contributed by atoms with Gasteiger partial charge < -0.3 is 14.6 Å². The van der Waals surface area contributed by atoms with Crippen LogP contribution in [0.3, 0.4) is 0 Å². The molecule has 0 bridgehead atoms. The van der Waals surface area contributed by atoms with Crippen molar-refractivity contribution in [2.75, 3.05) is 18.2 Å². The topological polar surface area (TPSA) is 64.4 Å². The van der Waals surface area contributed by atoms with E-state index < -0.39 is 0 Å². The van der Waals surface area contributed by atoms with Crippen LogP contribution in [0.4, 0.5) is 5.82 Å². The Morgan fingerprint density at radius 3 is 3.00 bits per heavy atom. The Morgan fingerprint density at radius 2 is 2.29 bits per heavy atom. The molecule has 0 atom stereocenters. The Balaban J connectivity index is 1.68. The van der Waals surface area contributed by atoms with Crippen LogP contribution in [0, 0.1) is 6.92 Å². The molecule has 0 saturated heterocycles. The standard InChI is InChI=1S/C15H18N2O3S/c1-11-8-14(17-20-11)16-15(18)6-7-21-10-12-4-3-5-13(9-12)19-2/h3-5,8-9H,6-7,10H2,1-2H3,(H,16,17,18). The number of thioether (sulfide) groups is 1. The molecule has 1 heterocycles. The van der Waals surface area contributed by atoms with Crippen molar-refractivity contribution in [3.63, 3.8) is 0 Å². The van der Waals surface area contributed by atoms with Crippen molar-refractivity contribution in [1.29, 1.82) is 0 Å². The predicted molar refractivity (Wildman–Crippen MR) is 83.6 cm³/mol. The molecule has 0 spiro atoms. The first kappa shape index (κ1) is 15.4. The van der Waals surface area contributed by atoms with E-state index in [1.54, 1.807) is 31.9 Å². The third kappa shape index (κ3) is 5.15. The smallest absolute Gasteiger partial charge is 0.226 e. The molecule has 6 heteroatoms. The van der Waals surface area contributed by atoms with E-state index in [1.165, 1.54) is 5.56 Å². The maximum atomic E-state index is 11.7. The highest BCUT2D eigenvalue weighted by molar-refractivity contribution is 7.98. The molecule has 21 heavy (non-hydrogen) atoms. The number of carbonyl (C=O) groups excluding carboxylic acids is 1. The van der Waals surface area contributed by atoms with Gasteiger partial charge >= 0.3 is 0 Å². The first-order chi connectivity index (χ1) is 10.2. The van der Waals surface area contributed by atoms with Crippen molar-refractivity contribution < 1.29 is 14.1 Å². The molecule has 0 aliphatic carbocycles. The second-order valence-electron chi connectivity index (χ2n) is 4.53. The number of hydrogen-bond donors (Lipinski definition) is 1. The first-order valence-electron chi connectivity index (χ1n) is 6.61. The monoisotopic (exact) mass is 306 g/mol. The van der Waals surface area contributed by atoms with E-state index in [0.29, 0.717) is 18.0 Å². The highest BCUT2D eigenvalue weighted by Gasteiger charge is 2.06. The number of aryl methyl sites for hydroxylation is 1. The number of nitrogens with one attached hydrogen (secondary N) is 1. The lowest BCUT2D eigenvalue weighted by Gasteiger charge is -2.04. The zero-order chi connectivity index (χ0) is 15.1. The molecule has 2 aromatic rings. The minimum absolute atomic E-state index is 0.0542. The second kappa shape index (κ2) is 7.73. The van der Waals surface area contributed by atoms with Crippen LogP contribution in [0.15, 0.2) is 34.9 Å². The van der Waals surface area contributed by atoms with Gasteiger partial charge in [0.2, 0.25) is 5.91 Å². The van der Waals surface area contributed by atoms with Gasteiger partial charge in [-0.15, -0.1) is 0 Å². The van der Waals surface area contributed by atoms with Gasteiger partial charge in [-0.1, -0.05) is 17.3 Å². The summed E-state index contributed by atoms with van der Waals surface area (Å²) in [6.07, 6.45) is 0.445. The summed E-state index contributed by atoms with van der Waals surface area (Å²) in [5.74, 6) is 3.55. The second-order valence-corrected chi connectivity index (χ2v) is 5.63. The maximum Gasteiger partial charge on any atom is 0.226 e. The van der Waals surface area contributed by atoms with Gasteiger partial charge in [0.15, 0.2) is 5.82 Å². The number of hydrogen-bond acceptors (Lipinski definition) is 5. The summed E-state index contributed by atoms with van der Waals surface area (Å²) < 4.78 is 10.1. The van der Waals surface area contributed by atoms with Crippen LogP contribution < -0.4 is 10.1 Å². The van der Waals surface area contributed by atoms with E-state index in [4.69, 9.17) is 9.26 Å². The minimum atomic E-state index is -0.0542. The number of methoxy groups -OCH3 is 1. The Morgan fingerprint density at radius 1 is 1.43 bits per heavy atom. The van der Waals surface area contributed by atoms with Crippen molar-refractivity contribution in [3.05, 3.63) is 41.7 Å². The number of nitrogens with zero attached hydrogens (tertiary/aromatic N) is 1. The molecular weight excluding hydrogens is 288 g/mol. The van der Waals surface area contributed by atoms with Gasteiger partial charge in [-0.25, -0.2) is 0 Å². The van der Waals surface area contributed by atoms with Crippen molar-refractivity contribution in [2.45, 2.75) is 19.1 Å². The summed E-state index contributed by atoms with van der Waals surface area (Å²) in [5, 5.41) is 6.43. The molecule has 0 unspecified atom stereocenters. The van der Waals surface area contributed by atoms with Crippen LogP contribution in [0.25, 0.3) is 0 Å². The molecule has 0 radical (unpaired) electrons. The fourth-order valence-electron chi connectivity index (χ4n) is 1.75. The Kier molecular flexibility index (Phi) is 5.68. The first-order valence-corrected chi connectivity index (χ1v) is 7.76. The molecule has 0 saturated carbocycles. The van der Waals surface area contributed by atoms with E-state index >= 15 is 0 Å².